The lowest BCUT2D eigenvalue weighted by molar-refractivity contribution is 0.0717. The molecule has 0 aromatic heterocycles. The third kappa shape index (κ3) is 36.0. The molecule has 122 valence electrons. The Morgan fingerprint density at radius 3 is 1.75 bits per heavy atom. The summed E-state index contributed by atoms with van der Waals surface area (Å²) < 4.78 is 12.5. The molecule has 0 aliphatic carbocycles. The van der Waals surface area contributed by atoms with E-state index in [0.717, 1.165) is 25.8 Å². The number of methoxy groups -OCH3 is 2. The molecule has 0 amide bonds. The smallest absolute Gasteiger partial charge is 0.450 e. The molecule has 0 atom stereocenters. The first kappa shape index (κ1) is 23.9. The first-order chi connectivity index (χ1) is 9.49. The number of carbonyl (C=O) groups excluding carboxylic acids is 1. The van der Waals surface area contributed by atoms with Gasteiger partial charge in [0.05, 0.1) is 20.8 Å². The van der Waals surface area contributed by atoms with Crippen molar-refractivity contribution in [2.75, 3.05) is 26.7 Å². The Labute approximate surface area is 126 Å². The highest BCUT2D eigenvalue weighted by Gasteiger charge is 1.96. The predicted octanol–water partition coefficient (Wildman–Crippen LogP) is 4.30. The number of rotatable bonds is 6. The van der Waals surface area contributed by atoms with Crippen LogP contribution in [0.3, 0.4) is 0 Å². The number of hydrogen-bond donors (Lipinski definition) is 1. The summed E-state index contributed by atoms with van der Waals surface area (Å²) in [5.41, 5.74) is 0. The van der Waals surface area contributed by atoms with Crippen molar-refractivity contribution in [3.05, 3.63) is 0 Å². The lowest BCUT2D eigenvalue weighted by Gasteiger charge is -1.99. The van der Waals surface area contributed by atoms with E-state index in [4.69, 9.17) is 21.5 Å². The van der Waals surface area contributed by atoms with E-state index in [1.807, 2.05) is 6.92 Å². The Balaban J connectivity index is -0.000000230. The molecule has 0 aliphatic rings. The highest BCUT2D eigenvalue weighted by molar-refractivity contribution is 6.17. The number of carbonyl (C=O) groups is 2. The number of unbranched alkanes of at least 4 members (excludes halogenated alkanes) is 3. The Hall–Kier alpha value is -1.17. The van der Waals surface area contributed by atoms with E-state index in [1.165, 1.54) is 26.4 Å². The standard InChI is InChI=1S/C6H12O3.C5H11Cl.C2H4O3/c1-3-4-5-9-6(7)8-2;1-2-3-4-5-6;1-5-2(3)4/h3-5H2,1-2H3;2-5H2,1H3;1H3,(H,3,4). The molecule has 0 aromatic rings. The van der Waals surface area contributed by atoms with Crippen LogP contribution >= 0.6 is 11.6 Å². The Bertz CT molecular complexity index is 207. The van der Waals surface area contributed by atoms with Gasteiger partial charge in [0.2, 0.25) is 0 Å². The summed E-state index contributed by atoms with van der Waals surface area (Å²) in [5, 5.41) is 7.50. The van der Waals surface area contributed by atoms with Crippen LogP contribution in [0.15, 0.2) is 0 Å². The Kier molecular flexibility index (Phi) is 27.4. The fourth-order valence-electron chi connectivity index (χ4n) is 0.703. The minimum atomic E-state index is -1.25. The van der Waals surface area contributed by atoms with Gasteiger partial charge in [-0.2, -0.15) is 0 Å². The molecule has 0 aromatic carbocycles. The molecule has 0 bridgehead atoms. The van der Waals surface area contributed by atoms with Crippen molar-refractivity contribution >= 4 is 23.9 Å². The SMILES string of the molecule is CCCCCCl.CCCCOC(=O)OC.COC(=O)O. The molecule has 0 spiro atoms. The molecule has 0 saturated carbocycles. The van der Waals surface area contributed by atoms with Crippen molar-refractivity contribution in [2.24, 2.45) is 0 Å². The average molecular weight is 315 g/mol. The van der Waals surface area contributed by atoms with Gasteiger partial charge in [0, 0.05) is 5.88 Å². The van der Waals surface area contributed by atoms with Crippen molar-refractivity contribution in [1.82, 2.24) is 0 Å². The average Bonchev–Trinajstić information content (AvgIpc) is 2.46. The van der Waals surface area contributed by atoms with Crippen molar-refractivity contribution in [2.45, 2.75) is 46.0 Å². The van der Waals surface area contributed by atoms with Gasteiger partial charge < -0.3 is 19.3 Å². The molecule has 1 N–H and O–H groups in total. The molecule has 7 heteroatoms. The Morgan fingerprint density at radius 2 is 1.50 bits per heavy atom. The van der Waals surface area contributed by atoms with Crippen LogP contribution in [-0.4, -0.2) is 44.1 Å². The van der Waals surface area contributed by atoms with E-state index in [2.05, 4.69) is 21.1 Å². The van der Waals surface area contributed by atoms with Crippen LogP contribution in [0.5, 0.6) is 0 Å². The maximum atomic E-state index is 10.2. The summed E-state index contributed by atoms with van der Waals surface area (Å²) in [5.74, 6) is 0.827. The molecule has 0 radical (unpaired) electrons. The van der Waals surface area contributed by atoms with Gasteiger partial charge in [0.1, 0.15) is 0 Å². The molecule has 0 saturated heterocycles. The second-order valence-corrected chi connectivity index (χ2v) is 3.90. The minimum absolute atomic E-state index is 0.461. The van der Waals surface area contributed by atoms with Crippen LogP contribution in [-0.2, 0) is 14.2 Å². The summed E-state index contributed by atoms with van der Waals surface area (Å²) in [7, 11) is 2.40. The fourth-order valence-corrected chi connectivity index (χ4v) is 0.892. The third-order valence-electron chi connectivity index (χ3n) is 1.80. The van der Waals surface area contributed by atoms with Crippen LogP contribution in [0.25, 0.3) is 0 Å². The van der Waals surface area contributed by atoms with E-state index in [1.54, 1.807) is 0 Å². The van der Waals surface area contributed by atoms with Crippen molar-refractivity contribution in [3.63, 3.8) is 0 Å². The normalized spacial score (nSPS) is 8.25. The number of ether oxygens (including phenoxy) is 3. The van der Waals surface area contributed by atoms with Crippen molar-refractivity contribution in [3.8, 4) is 0 Å². The summed E-state index contributed by atoms with van der Waals surface area (Å²) in [6.07, 6.45) is 3.81. The van der Waals surface area contributed by atoms with E-state index in [0.29, 0.717) is 6.61 Å². The van der Waals surface area contributed by atoms with Gasteiger partial charge in [-0.25, -0.2) is 9.59 Å². The fraction of sp³-hybridized carbons (Fsp3) is 0.846. The predicted molar refractivity (Wildman–Crippen MR) is 78.5 cm³/mol. The van der Waals surface area contributed by atoms with E-state index < -0.39 is 12.3 Å². The number of carboxylic acid groups (broad SMARTS) is 1. The quantitative estimate of drug-likeness (QED) is 0.447. The van der Waals surface area contributed by atoms with Crippen LogP contribution in [0.2, 0.25) is 0 Å². The first-order valence-electron chi connectivity index (χ1n) is 6.53. The molecule has 0 unspecified atom stereocenters. The zero-order chi connectivity index (χ0) is 16.2. The highest BCUT2D eigenvalue weighted by atomic mass is 35.5. The van der Waals surface area contributed by atoms with Crippen LogP contribution in [0, 0.1) is 0 Å². The summed E-state index contributed by atoms with van der Waals surface area (Å²) in [4.78, 5) is 19.4. The second kappa shape index (κ2) is 23.0. The van der Waals surface area contributed by atoms with Gasteiger partial charge >= 0.3 is 12.3 Å². The lowest BCUT2D eigenvalue weighted by Crippen LogP contribution is -2.04. The van der Waals surface area contributed by atoms with E-state index >= 15 is 0 Å². The van der Waals surface area contributed by atoms with Crippen molar-refractivity contribution < 1.29 is 28.9 Å². The zero-order valence-corrected chi connectivity index (χ0v) is 13.6. The summed E-state index contributed by atoms with van der Waals surface area (Å²) in [6.45, 7) is 4.66. The monoisotopic (exact) mass is 314 g/mol. The van der Waals surface area contributed by atoms with Crippen LogP contribution < -0.4 is 0 Å². The highest BCUT2D eigenvalue weighted by Crippen LogP contribution is 1.93. The van der Waals surface area contributed by atoms with Gasteiger partial charge in [-0.3, -0.25) is 0 Å². The van der Waals surface area contributed by atoms with Gasteiger partial charge in [-0.1, -0.05) is 33.1 Å². The molecule has 0 fully saturated rings. The van der Waals surface area contributed by atoms with Crippen LogP contribution in [0.1, 0.15) is 46.0 Å². The van der Waals surface area contributed by atoms with E-state index in [-0.39, 0.29) is 0 Å². The molecular formula is C13H27ClO6. The van der Waals surface area contributed by atoms with Crippen LogP contribution in [0.4, 0.5) is 9.59 Å². The molecular weight excluding hydrogens is 288 g/mol. The largest absolute Gasteiger partial charge is 0.507 e. The summed E-state index contributed by atoms with van der Waals surface area (Å²) in [6, 6.07) is 0. The maximum absolute atomic E-state index is 10.2. The van der Waals surface area contributed by atoms with Gasteiger partial charge in [-0.15, -0.1) is 11.6 Å². The topological polar surface area (TPSA) is 82.1 Å². The van der Waals surface area contributed by atoms with Gasteiger partial charge in [-0.05, 0) is 12.8 Å². The maximum Gasteiger partial charge on any atom is 0.507 e. The number of hydrogen-bond acceptors (Lipinski definition) is 5. The Morgan fingerprint density at radius 1 is 1.00 bits per heavy atom. The van der Waals surface area contributed by atoms with Crippen molar-refractivity contribution in [1.29, 1.82) is 0 Å². The van der Waals surface area contributed by atoms with E-state index in [9.17, 15) is 4.79 Å². The van der Waals surface area contributed by atoms with Gasteiger partial charge in [0.25, 0.3) is 0 Å². The molecule has 6 nitrogen and oxygen atoms in total. The first-order valence-corrected chi connectivity index (χ1v) is 7.07. The lowest BCUT2D eigenvalue weighted by atomic mass is 10.3. The summed E-state index contributed by atoms with van der Waals surface area (Å²) >= 11 is 5.38. The third-order valence-corrected chi connectivity index (χ3v) is 2.06. The molecule has 0 rings (SSSR count). The second-order valence-electron chi connectivity index (χ2n) is 3.52. The number of halogens is 1. The molecule has 0 aliphatic heterocycles. The zero-order valence-electron chi connectivity index (χ0n) is 12.8. The molecule has 20 heavy (non-hydrogen) atoms. The minimum Gasteiger partial charge on any atom is -0.450 e. The van der Waals surface area contributed by atoms with Gasteiger partial charge in [0.15, 0.2) is 0 Å². The molecule has 0 heterocycles. The number of alkyl halides is 1.